The van der Waals surface area contributed by atoms with Gasteiger partial charge in [0.25, 0.3) is 5.56 Å². The Morgan fingerprint density at radius 3 is 3.00 bits per heavy atom. The molecule has 0 saturated carbocycles. The van der Waals surface area contributed by atoms with E-state index >= 15 is 0 Å². The molecule has 0 aliphatic carbocycles. The highest BCUT2D eigenvalue weighted by Gasteiger charge is 2.03. The number of halogens is 1. The number of rotatable bonds is 2. The lowest BCUT2D eigenvalue weighted by molar-refractivity contribution is 0.299. The zero-order chi connectivity index (χ0) is 10.8. The predicted octanol–water partition coefficient (Wildman–Crippen LogP) is 0.992. The van der Waals surface area contributed by atoms with Crippen LogP contribution >= 0.6 is 15.9 Å². The number of fused-ring (bicyclic) bond motifs is 1. The van der Waals surface area contributed by atoms with E-state index in [-0.39, 0.29) is 12.2 Å². The third-order valence-electron chi connectivity index (χ3n) is 2.12. The van der Waals surface area contributed by atoms with Crippen molar-refractivity contribution < 1.29 is 5.11 Å². The molecule has 2 aromatic rings. The first-order valence-electron chi connectivity index (χ1n) is 4.49. The maximum Gasteiger partial charge on any atom is 0.261 e. The van der Waals surface area contributed by atoms with Crippen LogP contribution in [0.1, 0.15) is 5.56 Å². The molecule has 0 saturated heterocycles. The van der Waals surface area contributed by atoms with E-state index in [4.69, 9.17) is 5.11 Å². The second kappa shape index (κ2) is 4.12. The van der Waals surface area contributed by atoms with Gasteiger partial charge in [0.1, 0.15) is 5.65 Å². The van der Waals surface area contributed by atoms with E-state index in [1.54, 1.807) is 12.3 Å². The Hall–Kier alpha value is -1.20. The lowest BCUT2D eigenvalue weighted by Crippen LogP contribution is -2.20. The number of hydrogen-bond donors (Lipinski definition) is 1. The van der Waals surface area contributed by atoms with Crippen LogP contribution in [-0.4, -0.2) is 21.1 Å². The van der Waals surface area contributed by atoms with E-state index in [2.05, 4.69) is 20.9 Å². The van der Waals surface area contributed by atoms with Gasteiger partial charge in [0.05, 0.1) is 0 Å². The molecule has 2 heterocycles. The molecule has 0 spiro atoms. The van der Waals surface area contributed by atoms with E-state index in [9.17, 15) is 4.79 Å². The first-order chi connectivity index (χ1) is 7.22. The fraction of sp³-hybridized carbons (Fsp3) is 0.200. The molecule has 0 aromatic carbocycles. The summed E-state index contributed by atoms with van der Waals surface area (Å²) in [6.45, 7) is -0.0447. The van der Waals surface area contributed by atoms with Gasteiger partial charge in [-0.25, -0.2) is 4.98 Å². The Morgan fingerprint density at radius 1 is 1.47 bits per heavy atom. The van der Waals surface area contributed by atoms with Crippen LogP contribution in [0.4, 0.5) is 0 Å². The van der Waals surface area contributed by atoms with Gasteiger partial charge in [0, 0.05) is 35.5 Å². The molecular formula is C10H9BrN2O2. The molecule has 2 rings (SSSR count). The van der Waals surface area contributed by atoms with Gasteiger partial charge in [-0.1, -0.05) is 0 Å². The summed E-state index contributed by atoms with van der Waals surface area (Å²) in [5.74, 6) is 0. The number of aliphatic hydroxyl groups is 1. The van der Waals surface area contributed by atoms with Crippen molar-refractivity contribution in [2.24, 2.45) is 0 Å². The molecule has 1 N–H and O–H groups in total. The standard InChI is InChI=1S/C10H9BrN2O2/c11-8-1-2-9-12-5-7(3-4-14)10(15)13(9)6-8/h1-2,5-6,14H,3-4H2. The molecule has 0 unspecified atom stereocenters. The third kappa shape index (κ3) is 1.93. The van der Waals surface area contributed by atoms with E-state index in [1.165, 1.54) is 10.6 Å². The van der Waals surface area contributed by atoms with Crippen molar-refractivity contribution in [1.29, 1.82) is 0 Å². The smallest absolute Gasteiger partial charge is 0.261 e. The summed E-state index contributed by atoms with van der Waals surface area (Å²) in [6.07, 6.45) is 3.52. The first-order valence-corrected chi connectivity index (χ1v) is 5.28. The topological polar surface area (TPSA) is 54.6 Å². The van der Waals surface area contributed by atoms with E-state index < -0.39 is 0 Å². The van der Waals surface area contributed by atoms with Crippen molar-refractivity contribution in [2.45, 2.75) is 6.42 Å². The largest absolute Gasteiger partial charge is 0.396 e. The van der Waals surface area contributed by atoms with Crippen molar-refractivity contribution in [1.82, 2.24) is 9.38 Å². The maximum atomic E-state index is 11.9. The molecule has 0 aliphatic rings. The van der Waals surface area contributed by atoms with Crippen LogP contribution in [0.25, 0.3) is 5.65 Å². The lowest BCUT2D eigenvalue weighted by atomic mass is 10.2. The van der Waals surface area contributed by atoms with Crippen molar-refractivity contribution in [3.8, 4) is 0 Å². The minimum absolute atomic E-state index is 0.0447. The molecule has 0 fully saturated rings. The van der Waals surface area contributed by atoms with E-state index in [0.717, 1.165) is 4.47 Å². The summed E-state index contributed by atoms with van der Waals surface area (Å²) < 4.78 is 2.29. The second-order valence-corrected chi connectivity index (χ2v) is 4.05. The fourth-order valence-electron chi connectivity index (χ4n) is 1.38. The molecule has 0 bridgehead atoms. The number of aromatic nitrogens is 2. The zero-order valence-corrected chi connectivity index (χ0v) is 9.44. The SMILES string of the molecule is O=c1c(CCO)cnc2ccc(Br)cn12. The Labute approximate surface area is 94.3 Å². The highest BCUT2D eigenvalue weighted by molar-refractivity contribution is 9.10. The molecule has 15 heavy (non-hydrogen) atoms. The Bertz CT molecular complexity index is 551. The summed E-state index contributed by atoms with van der Waals surface area (Å²) in [5, 5.41) is 8.79. The molecule has 78 valence electrons. The molecule has 0 atom stereocenters. The van der Waals surface area contributed by atoms with Crippen molar-refractivity contribution in [3.63, 3.8) is 0 Å². The average molecular weight is 269 g/mol. The Kier molecular flexibility index (Phi) is 2.83. The van der Waals surface area contributed by atoms with Gasteiger partial charge >= 0.3 is 0 Å². The fourth-order valence-corrected chi connectivity index (χ4v) is 1.72. The first kappa shape index (κ1) is 10.3. The monoisotopic (exact) mass is 268 g/mol. The average Bonchev–Trinajstić information content (AvgIpc) is 2.23. The van der Waals surface area contributed by atoms with Crippen molar-refractivity contribution in [3.05, 3.63) is 44.9 Å². The van der Waals surface area contributed by atoms with E-state index in [0.29, 0.717) is 17.6 Å². The molecule has 5 heteroatoms. The third-order valence-corrected chi connectivity index (χ3v) is 2.59. The summed E-state index contributed by atoms with van der Waals surface area (Å²) >= 11 is 3.29. The van der Waals surface area contributed by atoms with Gasteiger partial charge in [-0.15, -0.1) is 0 Å². The van der Waals surface area contributed by atoms with Gasteiger partial charge in [0.15, 0.2) is 0 Å². The second-order valence-electron chi connectivity index (χ2n) is 3.14. The zero-order valence-electron chi connectivity index (χ0n) is 7.85. The summed E-state index contributed by atoms with van der Waals surface area (Å²) in [7, 11) is 0. The lowest BCUT2D eigenvalue weighted by Gasteiger charge is -2.02. The van der Waals surface area contributed by atoms with Crippen LogP contribution in [0.2, 0.25) is 0 Å². The Balaban J connectivity index is 2.71. The van der Waals surface area contributed by atoms with Crippen molar-refractivity contribution >= 4 is 21.6 Å². The van der Waals surface area contributed by atoms with Gasteiger partial charge in [-0.3, -0.25) is 9.20 Å². The van der Waals surface area contributed by atoms with Crippen LogP contribution in [0.3, 0.4) is 0 Å². The van der Waals surface area contributed by atoms with E-state index in [1.807, 2.05) is 6.07 Å². The van der Waals surface area contributed by atoms with Gasteiger partial charge in [-0.05, 0) is 28.1 Å². The molecule has 0 aliphatic heterocycles. The highest BCUT2D eigenvalue weighted by atomic mass is 79.9. The molecular weight excluding hydrogens is 260 g/mol. The van der Waals surface area contributed by atoms with Crippen LogP contribution in [-0.2, 0) is 6.42 Å². The van der Waals surface area contributed by atoms with Crippen LogP contribution < -0.4 is 5.56 Å². The van der Waals surface area contributed by atoms with Gasteiger partial charge < -0.3 is 5.11 Å². The minimum Gasteiger partial charge on any atom is -0.396 e. The Morgan fingerprint density at radius 2 is 2.27 bits per heavy atom. The summed E-state index contributed by atoms with van der Waals surface area (Å²) in [4.78, 5) is 16.0. The van der Waals surface area contributed by atoms with Gasteiger partial charge in [0.2, 0.25) is 0 Å². The molecule has 0 amide bonds. The number of nitrogens with zero attached hydrogens (tertiary/aromatic N) is 2. The molecule has 4 nitrogen and oxygen atoms in total. The predicted molar refractivity (Wildman–Crippen MR) is 60.0 cm³/mol. The van der Waals surface area contributed by atoms with Crippen LogP contribution in [0, 0.1) is 0 Å². The molecule has 0 radical (unpaired) electrons. The molecule has 2 aromatic heterocycles. The summed E-state index contributed by atoms with van der Waals surface area (Å²) in [5.41, 5.74) is 0.994. The maximum absolute atomic E-state index is 11.9. The summed E-state index contributed by atoms with van der Waals surface area (Å²) in [6, 6.07) is 3.59. The number of pyridine rings is 1. The normalized spacial score (nSPS) is 10.8. The van der Waals surface area contributed by atoms with Crippen molar-refractivity contribution in [2.75, 3.05) is 6.61 Å². The van der Waals surface area contributed by atoms with Crippen LogP contribution in [0.15, 0.2) is 33.8 Å². The van der Waals surface area contributed by atoms with Gasteiger partial charge in [-0.2, -0.15) is 0 Å². The highest BCUT2D eigenvalue weighted by Crippen LogP contribution is 2.09. The quantitative estimate of drug-likeness (QED) is 0.884. The number of aliphatic hydroxyl groups excluding tert-OH is 1. The number of hydrogen-bond acceptors (Lipinski definition) is 3. The minimum atomic E-state index is -0.129. The van der Waals surface area contributed by atoms with Crippen LogP contribution in [0.5, 0.6) is 0 Å².